The van der Waals surface area contributed by atoms with E-state index in [-0.39, 0.29) is 0 Å². The second kappa shape index (κ2) is 8.23. The van der Waals surface area contributed by atoms with Crippen LogP contribution < -0.4 is 10.6 Å². The van der Waals surface area contributed by atoms with Gasteiger partial charge in [-0.15, -0.1) is 0 Å². The molecule has 0 spiro atoms. The molecule has 2 aliphatic rings. The Morgan fingerprint density at radius 1 is 1.16 bits per heavy atom. The molecule has 3 nitrogen and oxygen atoms in total. The monoisotopic (exact) mass is 268 g/mol. The first-order chi connectivity index (χ1) is 9.27. The van der Waals surface area contributed by atoms with Gasteiger partial charge in [-0.3, -0.25) is 0 Å². The van der Waals surface area contributed by atoms with E-state index in [0.717, 1.165) is 37.8 Å². The molecular formula is C16H32N2O. The first-order valence-electron chi connectivity index (χ1n) is 8.32. The zero-order valence-electron chi connectivity index (χ0n) is 12.8. The summed E-state index contributed by atoms with van der Waals surface area (Å²) in [5.41, 5.74) is 0. The van der Waals surface area contributed by atoms with Gasteiger partial charge in [0.05, 0.1) is 6.61 Å². The number of hydrogen-bond donors (Lipinski definition) is 2. The van der Waals surface area contributed by atoms with Crippen LogP contribution in [0.3, 0.4) is 0 Å². The molecule has 2 rings (SSSR count). The predicted octanol–water partition coefficient (Wildman–Crippen LogP) is 2.56. The molecular weight excluding hydrogens is 236 g/mol. The van der Waals surface area contributed by atoms with E-state index in [9.17, 15) is 0 Å². The maximum Gasteiger partial charge on any atom is 0.0591 e. The Bertz CT molecular complexity index is 239. The van der Waals surface area contributed by atoms with E-state index in [1.165, 1.54) is 45.1 Å². The standard InChI is InChI=1S/C16H32N2O/c1-13(2)12-19-11-10-18-16-8-5-6-14(16)15-7-3-4-9-17-15/h13-18H,3-12H2,1-2H3. The Balaban J connectivity index is 1.64. The lowest BCUT2D eigenvalue weighted by Gasteiger charge is -2.33. The van der Waals surface area contributed by atoms with Crippen LogP contribution >= 0.6 is 0 Å². The molecule has 19 heavy (non-hydrogen) atoms. The van der Waals surface area contributed by atoms with Crippen LogP contribution in [-0.4, -0.2) is 38.4 Å². The topological polar surface area (TPSA) is 33.3 Å². The predicted molar refractivity (Wildman–Crippen MR) is 80.4 cm³/mol. The third-order valence-corrected chi connectivity index (χ3v) is 4.54. The molecule has 0 aromatic heterocycles. The maximum atomic E-state index is 5.66. The third-order valence-electron chi connectivity index (χ3n) is 4.54. The highest BCUT2D eigenvalue weighted by atomic mass is 16.5. The second-order valence-electron chi connectivity index (χ2n) is 6.68. The van der Waals surface area contributed by atoms with Gasteiger partial charge in [0.15, 0.2) is 0 Å². The molecule has 1 heterocycles. The van der Waals surface area contributed by atoms with Crippen LogP contribution in [0.5, 0.6) is 0 Å². The second-order valence-corrected chi connectivity index (χ2v) is 6.68. The maximum absolute atomic E-state index is 5.66. The van der Waals surface area contributed by atoms with Gasteiger partial charge in [0, 0.05) is 25.2 Å². The molecule has 3 unspecified atom stereocenters. The zero-order valence-corrected chi connectivity index (χ0v) is 12.8. The first kappa shape index (κ1) is 15.3. The molecule has 1 saturated carbocycles. The van der Waals surface area contributed by atoms with Crippen LogP contribution in [0.4, 0.5) is 0 Å². The molecule has 0 amide bonds. The Kier molecular flexibility index (Phi) is 6.62. The normalized spacial score (nSPS) is 32.1. The summed E-state index contributed by atoms with van der Waals surface area (Å²) in [6.07, 6.45) is 8.32. The SMILES string of the molecule is CC(C)COCCNC1CCCC1C1CCCCN1. The number of nitrogens with one attached hydrogen (secondary N) is 2. The summed E-state index contributed by atoms with van der Waals surface area (Å²) in [5.74, 6) is 1.50. The lowest BCUT2D eigenvalue weighted by Crippen LogP contribution is -2.47. The summed E-state index contributed by atoms with van der Waals surface area (Å²) in [4.78, 5) is 0. The summed E-state index contributed by atoms with van der Waals surface area (Å²) in [6.45, 7) is 8.40. The largest absolute Gasteiger partial charge is 0.380 e. The summed E-state index contributed by atoms with van der Waals surface area (Å²) < 4.78 is 5.66. The summed E-state index contributed by atoms with van der Waals surface area (Å²) in [5, 5.41) is 7.47. The van der Waals surface area contributed by atoms with E-state index in [1.807, 2.05) is 0 Å². The van der Waals surface area contributed by atoms with Gasteiger partial charge in [0.2, 0.25) is 0 Å². The Morgan fingerprint density at radius 2 is 2.05 bits per heavy atom. The number of piperidine rings is 1. The van der Waals surface area contributed by atoms with Crippen molar-refractivity contribution in [1.29, 1.82) is 0 Å². The van der Waals surface area contributed by atoms with E-state index in [4.69, 9.17) is 4.74 Å². The van der Waals surface area contributed by atoms with Crippen LogP contribution in [0.1, 0.15) is 52.4 Å². The molecule has 3 atom stereocenters. The molecule has 1 saturated heterocycles. The average Bonchev–Trinajstić information content (AvgIpc) is 2.87. The summed E-state index contributed by atoms with van der Waals surface area (Å²) >= 11 is 0. The molecule has 0 radical (unpaired) electrons. The van der Waals surface area contributed by atoms with Crippen molar-refractivity contribution in [3.05, 3.63) is 0 Å². The van der Waals surface area contributed by atoms with Crippen molar-refractivity contribution in [2.45, 2.75) is 64.5 Å². The Hall–Kier alpha value is -0.120. The molecule has 1 aliphatic carbocycles. The van der Waals surface area contributed by atoms with E-state index in [1.54, 1.807) is 0 Å². The Morgan fingerprint density at radius 3 is 2.79 bits per heavy atom. The number of hydrogen-bond acceptors (Lipinski definition) is 3. The van der Waals surface area contributed by atoms with Crippen LogP contribution in [0.2, 0.25) is 0 Å². The molecule has 1 aliphatic heterocycles. The van der Waals surface area contributed by atoms with Gasteiger partial charge in [-0.05, 0) is 44.1 Å². The summed E-state index contributed by atoms with van der Waals surface area (Å²) in [6, 6.07) is 1.49. The smallest absolute Gasteiger partial charge is 0.0591 e. The fourth-order valence-corrected chi connectivity index (χ4v) is 3.60. The van der Waals surface area contributed by atoms with Crippen molar-refractivity contribution in [3.8, 4) is 0 Å². The van der Waals surface area contributed by atoms with E-state index >= 15 is 0 Å². The van der Waals surface area contributed by atoms with E-state index in [0.29, 0.717) is 5.92 Å². The zero-order chi connectivity index (χ0) is 13.5. The van der Waals surface area contributed by atoms with Crippen LogP contribution in [0, 0.1) is 11.8 Å². The van der Waals surface area contributed by atoms with Gasteiger partial charge in [0.1, 0.15) is 0 Å². The van der Waals surface area contributed by atoms with Gasteiger partial charge in [-0.1, -0.05) is 26.7 Å². The van der Waals surface area contributed by atoms with E-state index in [2.05, 4.69) is 24.5 Å². The molecule has 0 aromatic rings. The molecule has 3 heteroatoms. The van der Waals surface area contributed by atoms with Crippen LogP contribution in [-0.2, 0) is 4.74 Å². The lowest BCUT2D eigenvalue weighted by molar-refractivity contribution is 0.108. The highest BCUT2D eigenvalue weighted by Gasteiger charge is 2.33. The number of ether oxygens (including phenoxy) is 1. The Labute approximate surface area is 118 Å². The third kappa shape index (κ3) is 5.05. The van der Waals surface area contributed by atoms with Gasteiger partial charge in [-0.2, -0.15) is 0 Å². The first-order valence-corrected chi connectivity index (χ1v) is 8.32. The highest BCUT2D eigenvalue weighted by Crippen LogP contribution is 2.31. The van der Waals surface area contributed by atoms with Crippen molar-refractivity contribution in [3.63, 3.8) is 0 Å². The van der Waals surface area contributed by atoms with Crippen molar-refractivity contribution in [1.82, 2.24) is 10.6 Å². The lowest BCUT2D eigenvalue weighted by atomic mass is 9.88. The molecule has 2 N–H and O–H groups in total. The van der Waals surface area contributed by atoms with Crippen LogP contribution in [0.15, 0.2) is 0 Å². The fraction of sp³-hybridized carbons (Fsp3) is 1.00. The number of rotatable bonds is 7. The molecule has 112 valence electrons. The quantitative estimate of drug-likeness (QED) is 0.696. The minimum Gasteiger partial charge on any atom is -0.380 e. The average molecular weight is 268 g/mol. The van der Waals surface area contributed by atoms with Crippen LogP contribution in [0.25, 0.3) is 0 Å². The van der Waals surface area contributed by atoms with Gasteiger partial charge >= 0.3 is 0 Å². The summed E-state index contributed by atoms with van der Waals surface area (Å²) in [7, 11) is 0. The minimum atomic E-state index is 0.644. The minimum absolute atomic E-state index is 0.644. The van der Waals surface area contributed by atoms with Gasteiger partial charge in [-0.25, -0.2) is 0 Å². The van der Waals surface area contributed by atoms with Crippen molar-refractivity contribution >= 4 is 0 Å². The van der Waals surface area contributed by atoms with Crippen molar-refractivity contribution < 1.29 is 4.74 Å². The van der Waals surface area contributed by atoms with Crippen molar-refractivity contribution in [2.24, 2.45) is 11.8 Å². The molecule has 0 bridgehead atoms. The van der Waals surface area contributed by atoms with Gasteiger partial charge in [0.25, 0.3) is 0 Å². The van der Waals surface area contributed by atoms with Crippen molar-refractivity contribution in [2.75, 3.05) is 26.3 Å². The molecule has 0 aromatic carbocycles. The van der Waals surface area contributed by atoms with E-state index < -0.39 is 0 Å². The van der Waals surface area contributed by atoms with Gasteiger partial charge < -0.3 is 15.4 Å². The fourth-order valence-electron chi connectivity index (χ4n) is 3.60. The molecule has 2 fully saturated rings. The highest BCUT2D eigenvalue weighted by molar-refractivity contribution is 4.92.